The largest absolute Gasteiger partial charge is 0.489 e. The first kappa shape index (κ1) is 15.3. The van der Waals surface area contributed by atoms with Crippen molar-refractivity contribution in [1.29, 1.82) is 0 Å². The van der Waals surface area contributed by atoms with Gasteiger partial charge in [-0.15, -0.1) is 0 Å². The van der Waals surface area contributed by atoms with Gasteiger partial charge in [-0.2, -0.15) is 0 Å². The third kappa shape index (κ3) is 3.17. The second-order valence-electron chi connectivity index (χ2n) is 6.78. The molecule has 1 saturated heterocycles. The molecular formula is C21H24N2O. The second kappa shape index (κ2) is 6.70. The van der Waals surface area contributed by atoms with Crippen molar-refractivity contribution in [2.75, 3.05) is 13.6 Å². The lowest BCUT2D eigenvalue weighted by Gasteiger charge is -2.18. The number of benzene rings is 2. The van der Waals surface area contributed by atoms with E-state index in [9.17, 15) is 0 Å². The summed E-state index contributed by atoms with van der Waals surface area (Å²) < 4.78 is 5.99. The minimum Gasteiger partial charge on any atom is -0.489 e. The maximum atomic E-state index is 5.99. The Morgan fingerprint density at radius 1 is 1.17 bits per heavy atom. The van der Waals surface area contributed by atoms with E-state index in [1.54, 1.807) is 0 Å². The Labute approximate surface area is 143 Å². The maximum absolute atomic E-state index is 5.99. The van der Waals surface area contributed by atoms with Crippen LogP contribution in [0.2, 0.25) is 0 Å². The predicted octanol–water partition coefficient (Wildman–Crippen LogP) is 4.38. The van der Waals surface area contributed by atoms with Crippen molar-refractivity contribution in [1.82, 2.24) is 9.88 Å². The first-order valence-electron chi connectivity index (χ1n) is 8.76. The van der Waals surface area contributed by atoms with Crippen molar-refractivity contribution in [3.63, 3.8) is 0 Å². The normalized spacial score (nSPS) is 18.3. The van der Waals surface area contributed by atoms with Gasteiger partial charge in [0.2, 0.25) is 0 Å². The van der Waals surface area contributed by atoms with Crippen molar-refractivity contribution < 1.29 is 4.74 Å². The number of nitrogens with zero attached hydrogens (tertiary/aromatic N) is 1. The summed E-state index contributed by atoms with van der Waals surface area (Å²) in [7, 11) is 2.24. The highest BCUT2D eigenvalue weighted by molar-refractivity contribution is 5.84. The number of likely N-dealkylation sites (N-methyl/N-ethyl adjacent to an activating group) is 1. The Balaban J connectivity index is 1.52. The van der Waals surface area contributed by atoms with Crippen LogP contribution in [0.25, 0.3) is 10.9 Å². The molecule has 3 aromatic rings. The molecule has 1 fully saturated rings. The van der Waals surface area contributed by atoms with Gasteiger partial charge in [-0.1, -0.05) is 30.3 Å². The van der Waals surface area contributed by atoms with Gasteiger partial charge in [0.05, 0.1) is 0 Å². The molecule has 1 aliphatic heterocycles. The van der Waals surface area contributed by atoms with Crippen molar-refractivity contribution in [3.8, 4) is 5.75 Å². The van der Waals surface area contributed by atoms with Crippen molar-refractivity contribution in [2.24, 2.45) is 0 Å². The van der Waals surface area contributed by atoms with Gasteiger partial charge in [0, 0.05) is 23.1 Å². The molecule has 0 saturated carbocycles. The summed E-state index contributed by atoms with van der Waals surface area (Å²) in [6.45, 7) is 1.83. The van der Waals surface area contributed by atoms with E-state index in [0.717, 1.165) is 12.2 Å². The zero-order chi connectivity index (χ0) is 16.4. The molecule has 0 bridgehead atoms. The predicted molar refractivity (Wildman–Crippen MR) is 98.4 cm³/mol. The molecule has 1 N–H and O–H groups in total. The van der Waals surface area contributed by atoms with Gasteiger partial charge in [-0.25, -0.2) is 0 Å². The summed E-state index contributed by atoms with van der Waals surface area (Å²) in [6.07, 6.45) is 5.89. The molecule has 0 amide bonds. The van der Waals surface area contributed by atoms with E-state index in [2.05, 4.69) is 47.4 Å². The summed E-state index contributed by atoms with van der Waals surface area (Å²) >= 11 is 0. The molecule has 2 heterocycles. The Kier molecular flexibility index (Phi) is 4.26. The number of hydrogen-bond acceptors (Lipinski definition) is 2. The van der Waals surface area contributed by atoms with E-state index >= 15 is 0 Å². The molecular weight excluding hydrogens is 296 g/mol. The van der Waals surface area contributed by atoms with Crippen LogP contribution in [0.3, 0.4) is 0 Å². The fourth-order valence-corrected chi connectivity index (χ4v) is 3.65. The zero-order valence-electron chi connectivity index (χ0n) is 14.2. The number of H-pyrrole nitrogens is 1. The van der Waals surface area contributed by atoms with Crippen molar-refractivity contribution >= 4 is 10.9 Å². The molecule has 0 radical (unpaired) electrons. The monoisotopic (exact) mass is 320 g/mol. The molecule has 3 heteroatoms. The number of rotatable bonds is 5. The zero-order valence-corrected chi connectivity index (χ0v) is 14.2. The number of ether oxygens (including phenoxy) is 1. The molecule has 24 heavy (non-hydrogen) atoms. The molecule has 1 aliphatic rings. The van der Waals surface area contributed by atoms with E-state index in [4.69, 9.17) is 4.74 Å². The molecule has 2 aromatic carbocycles. The highest BCUT2D eigenvalue weighted by Crippen LogP contribution is 2.28. The average molecular weight is 320 g/mol. The summed E-state index contributed by atoms with van der Waals surface area (Å²) in [5.74, 6) is 0.937. The van der Waals surface area contributed by atoms with Crippen LogP contribution in [0.5, 0.6) is 5.75 Å². The van der Waals surface area contributed by atoms with Crippen LogP contribution in [0.15, 0.2) is 54.7 Å². The van der Waals surface area contributed by atoms with Crippen LogP contribution >= 0.6 is 0 Å². The summed E-state index contributed by atoms with van der Waals surface area (Å²) in [5.41, 5.74) is 3.78. The Bertz CT molecular complexity index is 809. The van der Waals surface area contributed by atoms with E-state index in [-0.39, 0.29) is 0 Å². The number of fused-ring (bicyclic) bond motifs is 1. The Morgan fingerprint density at radius 2 is 2.04 bits per heavy atom. The molecule has 124 valence electrons. The second-order valence-corrected chi connectivity index (χ2v) is 6.78. The van der Waals surface area contributed by atoms with Crippen molar-refractivity contribution in [3.05, 3.63) is 65.9 Å². The third-order valence-corrected chi connectivity index (χ3v) is 5.11. The van der Waals surface area contributed by atoms with Gasteiger partial charge in [0.1, 0.15) is 12.4 Å². The molecule has 4 rings (SSSR count). The minimum atomic E-state index is 0.609. The fourth-order valence-electron chi connectivity index (χ4n) is 3.65. The van der Waals surface area contributed by atoms with Gasteiger partial charge in [0.25, 0.3) is 0 Å². The SMILES string of the molecule is CN1CCC[C@H]1Cc1c[nH]c2ccc(OCc3ccccc3)cc12. The van der Waals surface area contributed by atoms with E-state index in [1.165, 1.54) is 41.4 Å². The van der Waals surface area contributed by atoms with Crippen LogP contribution in [0.1, 0.15) is 24.0 Å². The summed E-state index contributed by atoms with van der Waals surface area (Å²) in [5, 5.41) is 1.29. The third-order valence-electron chi connectivity index (χ3n) is 5.11. The quantitative estimate of drug-likeness (QED) is 0.755. The van der Waals surface area contributed by atoms with E-state index in [1.807, 2.05) is 24.3 Å². The molecule has 0 spiro atoms. The number of nitrogens with one attached hydrogen (secondary N) is 1. The van der Waals surface area contributed by atoms with Gasteiger partial charge < -0.3 is 14.6 Å². The molecule has 3 nitrogen and oxygen atoms in total. The van der Waals surface area contributed by atoms with Crippen molar-refractivity contribution in [2.45, 2.75) is 31.9 Å². The van der Waals surface area contributed by atoms with Gasteiger partial charge in [-0.3, -0.25) is 0 Å². The highest BCUT2D eigenvalue weighted by Gasteiger charge is 2.22. The standard InChI is InChI=1S/C21H24N2O/c1-23-11-5-8-18(23)12-17-14-22-21-10-9-19(13-20(17)21)24-15-16-6-3-2-4-7-16/h2-4,6-7,9-10,13-14,18,22H,5,8,11-12,15H2,1H3/t18-/m0/s1. The number of aromatic amines is 1. The average Bonchev–Trinajstić information content (AvgIpc) is 3.21. The van der Waals surface area contributed by atoms with Crippen LogP contribution < -0.4 is 4.74 Å². The fraction of sp³-hybridized carbons (Fsp3) is 0.333. The Hall–Kier alpha value is -2.26. The molecule has 0 unspecified atom stereocenters. The lowest BCUT2D eigenvalue weighted by Crippen LogP contribution is -2.26. The first-order chi connectivity index (χ1) is 11.8. The van der Waals surface area contributed by atoms with Crippen LogP contribution in [0, 0.1) is 0 Å². The highest BCUT2D eigenvalue weighted by atomic mass is 16.5. The lowest BCUT2D eigenvalue weighted by molar-refractivity contribution is 0.306. The number of aromatic nitrogens is 1. The summed E-state index contributed by atoms with van der Waals surface area (Å²) in [4.78, 5) is 5.88. The van der Waals surface area contributed by atoms with Crippen LogP contribution in [-0.4, -0.2) is 29.5 Å². The molecule has 0 aliphatic carbocycles. The van der Waals surface area contributed by atoms with Gasteiger partial charge in [-0.05, 0) is 62.2 Å². The topological polar surface area (TPSA) is 28.3 Å². The van der Waals surface area contributed by atoms with Gasteiger partial charge >= 0.3 is 0 Å². The molecule has 1 aromatic heterocycles. The number of hydrogen-bond donors (Lipinski definition) is 1. The van der Waals surface area contributed by atoms with Crippen LogP contribution in [-0.2, 0) is 13.0 Å². The Morgan fingerprint density at radius 3 is 2.83 bits per heavy atom. The molecule has 1 atom stereocenters. The van der Waals surface area contributed by atoms with E-state index < -0.39 is 0 Å². The van der Waals surface area contributed by atoms with Crippen LogP contribution in [0.4, 0.5) is 0 Å². The lowest BCUT2D eigenvalue weighted by atomic mass is 10.0. The minimum absolute atomic E-state index is 0.609. The smallest absolute Gasteiger partial charge is 0.120 e. The maximum Gasteiger partial charge on any atom is 0.120 e. The first-order valence-corrected chi connectivity index (χ1v) is 8.76. The number of likely N-dealkylation sites (tertiary alicyclic amines) is 1. The van der Waals surface area contributed by atoms with E-state index in [0.29, 0.717) is 12.6 Å². The summed E-state index contributed by atoms with van der Waals surface area (Å²) in [6, 6.07) is 17.3. The van der Waals surface area contributed by atoms with Gasteiger partial charge in [0.15, 0.2) is 0 Å².